The highest BCUT2D eigenvalue weighted by Gasteiger charge is 2.08. The fraction of sp³-hybridized carbons (Fsp3) is 0.286. The van der Waals surface area contributed by atoms with Crippen LogP contribution in [0.1, 0.15) is 23.1 Å². The van der Waals surface area contributed by atoms with Crippen LogP contribution in [0.4, 0.5) is 5.13 Å². The molecule has 0 saturated heterocycles. The van der Waals surface area contributed by atoms with E-state index in [0.717, 1.165) is 21.3 Å². The Labute approximate surface area is 132 Å². The van der Waals surface area contributed by atoms with Crippen LogP contribution >= 0.6 is 22.9 Å². The van der Waals surface area contributed by atoms with Crippen molar-refractivity contribution < 1.29 is 9.84 Å². The molecular formula is C14H16ClN3O2S. The number of benzene rings is 1. The molecule has 2 rings (SSSR count). The second kappa shape index (κ2) is 6.78. The summed E-state index contributed by atoms with van der Waals surface area (Å²) in [4.78, 5) is 5.47. The van der Waals surface area contributed by atoms with Crippen LogP contribution in [0.3, 0.4) is 0 Å². The number of aromatic hydroxyl groups is 1. The largest absolute Gasteiger partial charge is 0.503 e. The van der Waals surface area contributed by atoms with E-state index in [9.17, 15) is 5.11 Å². The minimum Gasteiger partial charge on any atom is -0.503 e. The molecule has 2 aromatic rings. The monoisotopic (exact) mass is 325 g/mol. The summed E-state index contributed by atoms with van der Waals surface area (Å²) < 4.78 is 5.31. The van der Waals surface area contributed by atoms with Crippen molar-refractivity contribution in [1.29, 1.82) is 0 Å². The Bertz CT molecular complexity index is 651. The quantitative estimate of drug-likeness (QED) is 0.645. The number of aromatic nitrogens is 1. The molecule has 5 nitrogen and oxygen atoms in total. The van der Waals surface area contributed by atoms with Gasteiger partial charge in [-0.05, 0) is 38.5 Å². The van der Waals surface area contributed by atoms with Gasteiger partial charge in [0.2, 0.25) is 5.13 Å². The Morgan fingerprint density at radius 1 is 1.48 bits per heavy atom. The Kier molecular flexibility index (Phi) is 5.03. The van der Waals surface area contributed by atoms with Crippen molar-refractivity contribution >= 4 is 34.3 Å². The van der Waals surface area contributed by atoms with Gasteiger partial charge >= 0.3 is 0 Å². The van der Waals surface area contributed by atoms with E-state index in [-0.39, 0.29) is 10.8 Å². The Hall–Kier alpha value is -1.79. The molecule has 0 spiro atoms. The zero-order valence-corrected chi connectivity index (χ0v) is 13.5. The number of thiazole rings is 1. The number of ether oxygens (including phenoxy) is 1. The van der Waals surface area contributed by atoms with E-state index in [1.54, 1.807) is 18.3 Å². The Morgan fingerprint density at radius 3 is 2.86 bits per heavy atom. The second-order valence-electron chi connectivity index (χ2n) is 4.31. The van der Waals surface area contributed by atoms with E-state index in [1.165, 1.54) is 11.3 Å². The number of hydrogen-bond acceptors (Lipinski definition) is 6. The molecule has 0 amide bonds. The highest BCUT2D eigenvalue weighted by atomic mass is 35.5. The van der Waals surface area contributed by atoms with Crippen molar-refractivity contribution in [2.24, 2.45) is 5.10 Å². The van der Waals surface area contributed by atoms with Gasteiger partial charge in [0.05, 0.1) is 23.5 Å². The molecule has 0 aliphatic rings. The van der Waals surface area contributed by atoms with Gasteiger partial charge in [0.25, 0.3) is 0 Å². The highest BCUT2D eigenvalue weighted by molar-refractivity contribution is 7.15. The van der Waals surface area contributed by atoms with Crippen molar-refractivity contribution in [2.75, 3.05) is 12.0 Å². The molecular weight excluding hydrogens is 310 g/mol. The number of aryl methyl sites for hydroxylation is 2. The Balaban J connectivity index is 2.13. The molecule has 0 atom stereocenters. The second-order valence-corrected chi connectivity index (χ2v) is 5.92. The topological polar surface area (TPSA) is 66.7 Å². The molecule has 0 radical (unpaired) electrons. The lowest BCUT2D eigenvalue weighted by Gasteiger charge is -2.08. The van der Waals surface area contributed by atoms with Gasteiger partial charge in [-0.2, -0.15) is 5.10 Å². The predicted octanol–water partition coefficient (Wildman–Crippen LogP) is 3.96. The zero-order valence-electron chi connectivity index (χ0n) is 12.0. The standard InChI is InChI=1S/C14H16ClN3O2S/c1-4-20-12-6-10(5-11(15)13(12)19)7-16-18-14-17-8(2)9(3)21-14/h5-7,19H,4H2,1-3H3,(H,17,18)/b16-7-. The number of anilines is 1. The average molecular weight is 326 g/mol. The third-order valence-corrected chi connectivity index (χ3v) is 4.02. The van der Waals surface area contributed by atoms with Gasteiger partial charge in [-0.15, -0.1) is 11.3 Å². The Morgan fingerprint density at radius 2 is 2.24 bits per heavy atom. The number of hydrogen-bond donors (Lipinski definition) is 2. The van der Waals surface area contributed by atoms with Gasteiger partial charge in [-0.25, -0.2) is 4.98 Å². The van der Waals surface area contributed by atoms with Gasteiger partial charge < -0.3 is 9.84 Å². The molecule has 7 heteroatoms. The summed E-state index contributed by atoms with van der Waals surface area (Å²) in [6.45, 7) is 6.24. The molecule has 21 heavy (non-hydrogen) atoms. The van der Waals surface area contributed by atoms with Crippen LogP contribution in [0, 0.1) is 13.8 Å². The highest BCUT2D eigenvalue weighted by Crippen LogP contribution is 2.34. The number of nitrogens with zero attached hydrogens (tertiary/aromatic N) is 2. The molecule has 0 unspecified atom stereocenters. The molecule has 0 fully saturated rings. The molecule has 0 aliphatic carbocycles. The van der Waals surface area contributed by atoms with Gasteiger partial charge in [-0.1, -0.05) is 11.6 Å². The van der Waals surface area contributed by atoms with Crippen LogP contribution in [-0.2, 0) is 0 Å². The van der Waals surface area contributed by atoms with E-state index in [1.807, 2.05) is 20.8 Å². The molecule has 1 aromatic carbocycles. The van der Waals surface area contributed by atoms with E-state index < -0.39 is 0 Å². The van der Waals surface area contributed by atoms with Crippen molar-refractivity contribution in [3.05, 3.63) is 33.3 Å². The first kappa shape index (κ1) is 15.6. The number of halogens is 1. The summed E-state index contributed by atoms with van der Waals surface area (Å²) in [6.07, 6.45) is 1.60. The predicted molar refractivity (Wildman–Crippen MR) is 87.1 cm³/mol. The zero-order chi connectivity index (χ0) is 15.4. The summed E-state index contributed by atoms with van der Waals surface area (Å²) in [6, 6.07) is 3.29. The average Bonchev–Trinajstić information content (AvgIpc) is 2.74. The fourth-order valence-electron chi connectivity index (χ4n) is 1.62. The van der Waals surface area contributed by atoms with E-state index in [4.69, 9.17) is 16.3 Å². The maximum Gasteiger partial charge on any atom is 0.203 e. The first-order valence-electron chi connectivity index (χ1n) is 6.39. The lowest BCUT2D eigenvalue weighted by molar-refractivity contribution is 0.318. The molecule has 0 bridgehead atoms. The molecule has 0 saturated carbocycles. The summed E-state index contributed by atoms with van der Waals surface area (Å²) in [5, 5.41) is 14.8. The normalized spacial score (nSPS) is 11.0. The lowest BCUT2D eigenvalue weighted by Crippen LogP contribution is -1.95. The summed E-state index contributed by atoms with van der Waals surface area (Å²) >= 11 is 7.49. The number of hydrazone groups is 1. The number of nitrogens with one attached hydrogen (secondary N) is 1. The van der Waals surface area contributed by atoms with Crippen LogP contribution in [0.15, 0.2) is 17.2 Å². The molecule has 1 heterocycles. The van der Waals surface area contributed by atoms with Gasteiger partial charge in [0, 0.05) is 4.88 Å². The first-order valence-corrected chi connectivity index (χ1v) is 7.59. The number of phenolic OH excluding ortho intramolecular Hbond substituents is 1. The van der Waals surface area contributed by atoms with E-state index in [0.29, 0.717) is 12.4 Å². The molecule has 1 aromatic heterocycles. The van der Waals surface area contributed by atoms with Crippen molar-refractivity contribution in [3.8, 4) is 11.5 Å². The number of phenols is 1. The van der Waals surface area contributed by atoms with Gasteiger partial charge in [0.1, 0.15) is 0 Å². The summed E-state index contributed by atoms with van der Waals surface area (Å²) in [5.41, 5.74) is 4.58. The molecule has 2 N–H and O–H groups in total. The minimum atomic E-state index is -0.0604. The van der Waals surface area contributed by atoms with Gasteiger partial charge in [0.15, 0.2) is 11.5 Å². The summed E-state index contributed by atoms with van der Waals surface area (Å²) in [5.74, 6) is 0.280. The lowest BCUT2D eigenvalue weighted by atomic mass is 10.2. The van der Waals surface area contributed by atoms with Gasteiger partial charge in [-0.3, -0.25) is 5.43 Å². The minimum absolute atomic E-state index is 0.0604. The maximum absolute atomic E-state index is 9.76. The van der Waals surface area contributed by atoms with Crippen molar-refractivity contribution in [3.63, 3.8) is 0 Å². The van der Waals surface area contributed by atoms with E-state index >= 15 is 0 Å². The van der Waals surface area contributed by atoms with Crippen LogP contribution in [-0.4, -0.2) is 22.9 Å². The SMILES string of the molecule is CCOc1cc(/C=N\Nc2nc(C)c(C)s2)cc(Cl)c1O. The maximum atomic E-state index is 9.76. The fourth-order valence-corrected chi connectivity index (χ4v) is 2.60. The van der Waals surface area contributed by atoms with Crippen molar-refractivity contribution in [1.82, 2.24) is 4.98 Å². The van der Waals surface area contributed by atoms with Crippen LogP contribution in [0.2, 0.25) is 5.02 Å². The van der Waals surface area contributed by atoms with Crippen LogP contribution in [0.25, 0.3) is 0 Å². The molecule has 112 valence electrons. The third kappa shape index (κ3) is 3.86. The third-order valence-electron chi connectivity index (χ3n) is 2.75. The first-order chi connectivity index (χ1) is 10.0. The summed E-state index contributed by atoms with van der Waals surface area (Å²) in [7, 11) is 0. The van der Waals surface area contributed by atoms with E-state index in [2.05, 4.69) is 15.5 Å². The number of rotatable bonds is 5. The van der Waals surface area contributed by atoms with Crippen LogP contribution in [0.5, 0.6) is 11.5 Å². The van der Waals surface area contributed by atoms with Crippen LogP contribution < -0.4 is 10.2 Å². The molecule has 0 aliphatic heterocycles. The smallest absolute Gasteiger partial charge is 0.203 e. The van der Waals surface area contributed by atoms with Crippen molar-refractivity contribution in [2.45, 2.75) is 20.8 Å².